The number of aryl methyl sites for hydroxylation is 1. The highest BCUT2D eigenvalue weighted by atomic mass is 127. The van der Waals surface area contributed by atoms with E-state index in [9.17, 15) is 14.7 Å². The van der Waals surface area contributed by atoms with Crippen LogP contribution >= 0.6 is 22.6 Å². The molecule has 0 atom stereocenters. The Balaban J connectivity index is 1.57. The third-order valence-corrected chi connectivity index (χ3v) is 8.29. The number of hydrogen-bond acceptors (Lipinski definition) is 7. The van der Waals surface area contributed by atoms with E-state index in [2.05, 4.69) is 36.4 Å². The molecule has 1 heterocycles. The first-order valence-corrected chi connectivity index (χ1v) is 16.4. The van der Waals surface area contributed by atoms with Crippen LogP contribution in [0.4, 0.5) is 0 Å². The van der Waals surface area contributed by atoms with Crippen LogP contribution in [0.3, 0.4) is 0 Å². The molecule has 47 heavy (non-hydrogen) atoms. The van der Waals surface area contributed by atoms with Crippen molar-refractivity contribution in [2.45, 2.75) is 47.1 Å². The van der Waals surface area contributed by atoms with Gasteiger partial charge >= 0.3 is 5.97 Å². The summed E-state index contributed by atoms with van der Waals surface area (Å²) in [4.78, 5) is 30.3. The zero-order chi connectivity index (χ0) is 33.7. The minimum Gasteiger partial charge on any atom is -0.494 e. The van der Waals surface area contributed by atoms with Crippen molar-refractivity contribution in [1.29, 1.82) is 0 Å². The number of carbonyl (C=O) groups is 1. The van der Waals surface area contributed by atoms with Crippen molar-refractivity contribution in [2.24, 2.45) is 5.10 Å². The van der Waals surface area contributed by atoms with Gasteiger partial charge < -0.3 is 19.3 Å². The predicted molar refractivity (Wildman–Crippen MR) is 192 cm³/mol. The Labute approximate surface area is 287 Å². The molecule has 0 radical (unpaired) electrons. The molecule has 0 bridgehead atoms. The minimum atomic E-state index is -0.998. The van der Waals surface area contributed by atoms with E-state index in [-0.39, 0.29) is 23.6 Å². The fraction of sp³-hybridized carbons (Fsp3) is 0.243. The van der Waals surface area contributed by atoms with Gasteiger partial charge in [0.15, 0.2) is 17.3 Å². The maximum Gasteiger partial charge on any atom is 0.335 e. The van der Waals surface area contributed by atoms with E-state index < -0.39 is 5.97 Å². The Morgan fingerprint density at radius 1 is 0.979 bits per heavy atom. The number of aromatic carboxylic acids is 1. The van der Waals surface area contributed by atoms with Gasteiger partial charge in [-0.2, -0.15) is 9.78 Å². The first-order valence-electron chi connectivity index (χ1n) is 15.4. The summed E-state index contributed by atoms with van der Waals surface area (Å²) >= 11 is 2.17. The fourth-order valence-corrected chi connectivity index (χ4v) is 6.00. The molecule has 5 rings (SSSR count). The lowest BCUT2D eigenvalue weighted by molar-refractivity contribution is 0.0696. The number of aromatic nitrogens is 2. The van der Waals surface area contributed by atoms with Crippen LogP contribution in [-0.4, -0.2) is 40.2 Å². The van der Waals surface area contributed by atoms with Gasteiger partial charge in [0, 0.05) is 5.56 Å². The zero-order valence-electron chi connectivity index (χ0n) is 26.9. The lowest BCUT2D eigenvalue weighted by Gasteiger charge is -2.18. The monoisotopic (exact) mass is 745 g/mol. The van der Waals surface area contributed by atoms with Crippen LogP contribution < -0.4 is 19.8 Å². The SMILES string of the molecule is CCOc1cc(C)c(-c2nc3ccccc3c(=O)n2N=Cc2cc(I)c(OCc3cccc(C(=O)O)c3)c(OCC)c2)cc1C(C)C. The summed E-state index contributed by atoms with van der Waals surface area (Å²) in [5.74, 6) is 1.46. The quantitative estimate of drug-likeness (QED) is 0.102. The number of hydrogen-bond donors (Lipinski definition) is 1. The van der Waals surface area contributed by atoms with Crippen LogP contribution in [0.2, 0.25) is 0 Å². The Bertz CT molecular complexity index is 2040. The fourth-order valence-electron chi connectivity index (χ4n) is 5.22. The molecular formula is C37H36IN3O6. The van der Waals surface area contributed by atoms with Gasteiger partial charge in [0.25, 0.3) is 5.56 Å². The van der Waals surface area contributed by atoms with E-state index in [1.807, 2.05) is 63.2 Å². The van der Waals surface area contributed by atoms with Crippen molar-refractivity contribution in [1.82, 2.24) is 9.66 Å². The lowest BCUT2D eigenvalue weighted by atomic mass is 9.96. The molecule has 242 valence electrons. The number of ether oxygens (including phenoxy) is 3. The average molecular weight is 746 g/mol. The Kier molecular flexibility index (Phi) is 10.6. The number of para-hydroxylation sites is 1. The lowest BCUT2D eigenvalue weighted by Crippen LogP contribution is -2.21. The van der Waals surface area contributed by atoms with Gasteiger partial charge in [0.1, 0.15) is 12.4 Å². The van der Waals surface area contributed by atoms with Crippen molar-refractivity contribution in [2.75, 3.05) is 13.2 Å². The average Bonchev–Trinajstić information content (AvgIpc) is 3.04. The van der Waals surface area contributed by atoms with Crippen LogP contribution in [0.15, 0.2) is 82.7 Å². The molecule has 0 aliphatic carbocycles. The van der Waals surface area contributed by atoms with Crippen LogP contribution in [0.5, 0.6) is 17.2 Å². The molecule has 0 amide bonds. The minimum absolute atomic E-state index is 0.159. The second-order valence-electron chi connectivity index (χ2n) is 11.2. The number of fused-ring (bicyclic) bond motifs is 1. The predicted octanol–water partition coefficient (Wildman–Crippen LogP) is 8.06. The third kappa shape index (κ3) is 7.48. The first-order chi connectivity index (χ1) is 22.6. The summed E-state index contributed by atoms with van der Waals surface area (Å²) < 4.78 is 20.1. The molecule has 0 saturated heterocycles. The molecule has 0 unspecified atom stereocenters. The topological polar surface area (TPSA) is 112 Å². The number of nitrogens with zero attached hydrogens (tertiary/aromatic N) is 3. The summed E-state index contributed by atoms with van der Waals surface area (Å²) in [5, 5.41) is 14.5. The standard InChI is InChI=1S/C37H36IN3O6/c1-6-45-32-15-23(5)29(19-28(32)22(3)4)35-40-31-14-9-8-13-27(31)36(42)41(35)39-20-25-17-30(38)34(33(18-25)46-7-2)47-21-24-11-10-12-26(16-24)37(43)44/h8-20,22H,6-7,21H2,1-5H3,(H,43,44). The molecular weight excluding hydrogens is 709 g/mol. The molecule has 5 aromatic rings. The van der Waals surface area contributed by atoms with Gasteiger partial charge in [0.2, 0.25) is 0 Å². The van der Waals surface area contributed by atoms with E-state index in [1.165, 1.54) is 10.7 Å². The summed E-state index contributed by atoms with van der Waals surface area (Å²) in [6.45, 7) is 11.1. The van der Waals surface area contributed by atoms with Crippen LogP contribution in [0.1, 0.15) is 66.2 Å². The molecule has 1 N–H and O–H groups in total. The summed E-state index contributed by atoms with van der Waals surface area (Å²) in [6.07, 6.45) is 1.61. The second-order valence-corrected chi connectivity index (χ2v) is 12.3. The Morgan fingerprint density at radius 2 is 1.72 bits per heavy atom. The van der Waals surface area contributed by atoms with Crippen molar-refractivity contribution >= 4 is 45.7 Å². The van der Waals surface area contributed by atoms with Gasteiger partial charge in [-0.3, -0.25) is 4.79 Å². The number of carboxylic acid groups (broad SMARTS) is 1. The number of carboxylic acids is 1. The molecule has 0 saturated carbocycles. The molecule has 10 heteroatoms. The number of halogens is 1. The molecule has 9 nitrogen and oxygen atoms in total. The molecule has 0 aliphatic heterocycles. The maximum absolute atomic E-state index is 13.9. The summed E-state index contributed by atoms with van der Waals surface area (Å²) in [7, 11) is 0. The van der Waals surface area contributed by atoms with Crippen LogP contribution in [0.25, 0.3) is 22.3 Å². The van der Waals surface area contributed by atoms with Gasteiger partial charge in [-0.15, -0.1) is 0 Å². The summed E-state index contributed by atoms with van der Waals surface area (Å²) in [6, 6.07) is 21.6. The first kappa shape index (κ1) is 33.6. The van der Waals surface area contributed by atoms with E-state index >= 15 is 0 Å². The molecule has 4 aromatic carbocycles. The maximum atomic E-state index is 13.9. The normalized spacial score (nSPS) is 11.4. The Hall–Kier alpha value is -4.71. The number of rotatable bonds is 12. The van der Waals surface area contributed by atoms with Gasteiger partial charge in [0.05, 0.1) is 39.5 Å². The largest absolute Gasteiger partial charge is 0.494 e. The van der Waals surface area contributed by atoms with Gasteiger partial charge in [-0.25, -0.2) is 9.78 Å². The highest BCUT2D eigenvalue weighted by Crippen LogP contribution is 2.36. The molecule has 1 aromatic heterocycles. The highest BCUT2D eigenvalue weighted by molar-refractivity contribution is 14.1. The van der Waals surface area contributed by atoms with Crippen molar-refractivity contribution in [3.63, 3.8) is 0 Å². The number of benzene rings is 4. The van der Waals surface area contributed by atoms with Crippen LogP contribution in [0, 0.1) is 10.5 Å². The zero-order valence-corrected chi connectivity index (χ0v) is 29.1. The summed E-state index contributed by atoms with van der Waals surface area (Å²) in [5.41, 5.74) is 4.61. The smallest absolute Gasteiger partial charge is 0.335 e. The van der Waals surface area contributed by atoms with E-state index in [0.717, 1.165) is 31.6 Å². The third-order valence-electron chi connectivity index (χ3n) is 7.48. The van der Waals surface area contributed by atoms with Gasteiger partial charge in [-0.05, 0) is 120 Å². The van der Waals surface area contributed by atoms with Crippen LogP contribution in [-0.2, 0) is 6.61 Å². The van der Waals surface area contributed by atoms with Crippen molar-refractivity contribution in [3.8, 4) is 28.6 Å². The van der Waals surface area contributed by atoms with Crippen molar-refractivity contribution in [3.05, 3.63) is 115 Å². The Morgan fingerprint density at radius 3 is 2.45 bits per heavy atom. The van der Waals surface area contributed by atoms with Crippen molar-refractivity contribution < 1.29 is 24.1 Å². The van der Waals surface area contributed by atoms with Gasteiger partial charge in [-0.1, -0.05) is 38.1 Å². The molecule has 0 spiro atoms. The van der Waals surface area contributed by atoms with E-state index in [0.29, 0.717) is 47.0 Å². The molecule has 0 aliphatic rings. The molecule has 0 fully saturated rings. The highest BCUT2D eigenvalue weighted by Gasteiger charge is 2.19. The van der Waals surface area contributed by atoms with E-state index in [4.69, 9.17) is 24.3 Å². The van der Waals surface area contributed by atoms with E-state index in [1.54, 1.807) is 30.5 Å². The second kappa shape index (κ2) is 14.8.